The lowest BCUT2D eigenvalue weighted by atomic mass is 9.81. The molecule has 10 heteroatoms. The van der Waals surface area contributed by atoms with Crippen molar-refractivity contribution >= 4 is 33.6 Å². The molecule has 1 aliphatic heterocycles. The van der Waals surface area contributed by atoms with Gasteiger partial charge in [-0.05, 0) is 29.8 Å². The van der Waals surface area contributed by atoms with Gasteiger partial charge in [-0.1, -0.05) is 28.1 Å². The molecular weight excluding hydrogens is 506 g/mol. The monoisotopic (exact) mass is 527 g/mol. The summed E-state index contributed by atoms with van der Waals surface area (Å²) < 4.78 is 21.6. The second kappa shape index (κ2) is 10.3. The summed E-state index contributed by atoms with van der Waals surface area (Å²) in [5.41, 5.74) is 7.11. The first-order valence-electron chi connectivity index (χ1n) is 9.91. The highest BCUT2D eigenvalue weighted by Gasteiger charge is 2.43. The Bertz CT molecular complexity index is 1230. The van der Waals surface area contributed by atoms with Crippen LogP contribution in [0.2, 0.25) is 0 Å². The number of rotatable bonds is 6. The van der Waals surface area contributed by atoms with Crippen LogP contribution in [0.4, 0.5) is 5.69 Å². The molecule has 0 saturated carbocycles. The topological polar surface area (TPSA) is 124 Å². The van der Waals surface area contributed by atoms with E-state index in [2.05, 4.69) is 22.0 Å². The fraction of sp³-hybridized carbons (Fsp3) is 0.208. The van der Waals surface area contributed by atoms with Crippen LogP contribution in [0.25, 0.3) is 0 Å². The number of carbonyl (C=O) groups excluding carboxylic acids is 2. The van der Waals surface area contributed by atoms with Gasteiger partial charge in [0.05, 0.1) is 57.3 Å². The number of nitrogens with zero attached hydrogens (tertiary/aromatic N) is 2. The van der Waals surface area contributed by atoms with Gasteiger partial charge in [-0.15, -0.1) is 0 Å². The minimum Gasteiger partial charge on any atom is -0.497 e. The van der Waals surface area contributed by atoms with Crippen molar-refractivity contribution in [1.82, 2.24) is 0 Å². The van der Waals surface area contributed by atoms with E-state index in [-0.39, 0.29) is 28.4 Å². The maximum Gasteiger partial charge on any atom is 0.355 e. The quantitative estimate of drug-likeness (QED) is 0.562. The second-order valence-electron chi connectivity index (χ2n) is 7.01. The molecular formula is C24H22BrN3O6. The van der Waals surface area contributed by atoms with Gasteiger partial charge in [0.25, 0.3) is 0 Å². The van der Waals surface area contributed by atoms with Gasteiger partial charge in [-0.2, -0.15) is 5.26 Å². The first-order chi connectivity index (χ1) is 16.3. The van der Waals surface area contributed by atoms with Gasteiger partial charge in [0.1, 0.15) is 23.0 Å². The maximum absolute atomic E-state index is 13.1. The molecule has 34 heavy (non-hydrogen) atoms. The smallest absolute Gasteiger partial charge is 0.355 e. The summed E-state index contributed by atoms with van der Waals surface area (Å²) in [4.78, 5) is 27.5. The standard InChI is InChI=1S/C24H22BrN3O6/c1-31-15-9-10-17(18(11-15)32-2)28-21(24(30)34-4)20(23(29)33-3)19(16(12-26)22(28)27)13-5-7-14(25)8-6-13/h5-11,19H,27H2,1-4H3/t19-/m1/s1. The molecule has 0 aliphatic carbocycles. The predicted molar refractivity (Wildman–Crippen MR) is 127 cm³/mol. The number of nitriles is 1. The van der Waals surface area contributed by atoms with Crippen LogP contribution in [0, 0.1) is 11.3 Å². The molecule has 0 spiro atoms. The number of hydrogen-bond acceptors (Lipinski definition) is 9. The summed E-state index contributed by atoms with van der Waals surface area (Å²) in [5, 5.41) is 10.1. The van der Waals surface area contributed by atoms with Crippen molar-refractivity contribution in [3.8, 4) is 17.6 Å². The van der Waals surface area contributed by atoms with Gasteiger partial charge in [0.15, 0.2) is 0 Å². The molecule has 1 atom stereocenters. The van der Waals surface area contributed by atoms with E-state index in [0.717, 1.165) is 4.47 Å². The summed E-state index contributed by atoms with van der Waals surface area (Å²) in [6.07, 6.45) is 0. The number of esters is 2. The van der Waals surface area contributed by atoms with Crippen molar-refractivity contribution < 1.29 is 28.5 Å². The molecule has 0 fully saturated rings. The van der Waals surface area contributed by atoms with Crippen molar-refractivity contribution in [1.29, 1.82) is 5.26 Å². The number of anilines is 1. The van der Waals surface area contributed by atoms with Gasteiger partial charge >= 0.3 is 11.9 Å². The molecule has 176 valence electrons. The largest absolute Gasteiger partial charge is 0.497 e. The molecule has 0 radical (unpaired) electrons. The molecule has 0 aromatic heterocycles. The van der Waals surface area contributed by atoms with Crippen molar-refractivity contribution in [3.05, 3.63) is 75.2 Å². The van der Waals surface area contributed by atoms with Crippen molar-refractivity contribution in [2.75, 3.05) is 33.3 Å². The van der Waals surface area contributed by atoms with Crippen LogP contribution in [0.15, 0.2) is 69.6 Å². The van der Waals surface area contributed by atoms with Crippen molar-refractivity contribution in [2.45, 2.75) is 5.92 Å². The number of methoxy groups -OCH3 is 4. The summed E-state index contributed by atoms with van der Waals surface area (Å²) in [6, 6.07) is 13.9. The van der Waals surface area contributed by atoms with Crippen LogP contribution in [-0.2, 0) is 19.1 Å². The molecule has 1 heterocycles. The minimum atomic E-state index is -0.972. The molecule has 9 nitrogen and oxygen atoms in total. The Hall–Kier alpha value is -3.97. The van der Waals surface area contributed by atoms with Crippen LogP contribution < -0.4 is 20.1 Å². The van der Waals surface area contributed by atoms with Gasteiger partial charge in [0.2, 0.25) is 0 Å². The minimum absolute atomic E-state index is 0.0493. The van der Waals surface area contributed by atoms with E-state index in [4.69, 9.17) is 24.7 Å². The average Bonchev–Trinajstić information content (AvgIpc) is 2.87. The third kappa shape index (κ3) is 4.30. The number of carbonyl (C=O) groups is 2. The van der Waals surface area contributed by atoms with E-state index in [1.54, 1.807) is 42.5 Å². The van der Waals surface area contributed by atoms with Gasteiger partial charge in [-0.25, -0.2) is 9.59 Å². The van der Waals surface area contributed by atoms with Gasteiger partial charge in [-0.3, -0.25) is 4.90 Å². The number of allylic oxidation sites excluding steroid dienone is 1. The molecule has 0 amide bonds. The Kier molecular flexibility index (Phi) is 7.48. The molecule has 0 bridgehead atoms. The van der Waals surface area contributed by atoms with Gasteiger partial charge < -0.3 is 24.7 Å². The van der Waals surface area contributed by atoms with Crippen molar-refractivity contribution in [2.24, 2.45) is 5.73 Å². The zero-order valence-corrected chi connectivity index (χ0v) is 20.5. The normalized spacial score (nSPS) is 15.5. The van der Waals surface area contributed by atoms with E-state index in [1.165, 1.54) is 33.3 Å². The molecule has 0 saturated heterocycles. The van der Waals surface area contributed by atoms with E-state index in [9.17, 15) is 14.9 Å². The van der Waals surface area contributed by atoms with E-state index < -0.39 is 17.9 Å². The summed E-state index contributed by atoms with van der Waals surface area (Å²) in [6.45, 7) is 0. The third-order valence-corrected chi connectivity index (χ3v) is 5.84. The Morgan fingerprint density at radius 3 is 2.18 bits per heavy atom. The first-order valence-corrected chi connectivity index (χ1v) is 10.7. The number of halogens is 1. The van der Waals surface area contributed by atoms with Crippen molar-refractivity contribution in [3.63, 3.8) is 0 Å². The van der Waals surface area contributed by atoms with E-state index in [0.29, 0.717) is 17.0 Å². The van der Waals surface area contributed by atoms with Crippen LogP contribution in [0.3, 0.4) is 0 Å². The Morgan fingerprint density at radius 2 is 1.65 bits per heavy atom. The first kappa shape index (κ1) is 24.7. The van der Waals surface area contributed by atoms with E-state index in [1.807, 2.05) is 0 Å². The number of ether oxygens (including phenoxy) is 4. The number of nitrogens with two attached hydrogens (primary N) is 1. The highest BCUT2D eigenvalue weighted by Crippen LogP contribution is 2.45. The molecule has 2 N–H and O–H groups in total. The lowest BCUT2D eigenvalue weighted by Gasteiger charge is -2.36. The zero-order chi connectivity index (χ0) is 25.0. The van der Waals surface area contributed by atoms with E-state index >= 15 is 0 Å². The van der Waals surface area contributed by atoms with Crippen LogP contribution in [0.5, 0.6) is 11.5 Å². The number of benzene rings is 2. The molecule has 2 aromatic rings. The van der Waals surface area contributed by atoms with Crippen LogP contribution in [0.1, 0.15) is 11.5 Å². The fourth-order valence-corrected chi connectivity index (χ4v) is 4.01. The predicted octanol–water partition coefficient (Wildman–Crippen LogP) is 3.36. The number of hydrogen-bond donors (Lipinski definition) is 1. The highest BCUT2D eigenvalue weighted by atomic mass is 79.9. The lowest BCUT2D eigenvalue weighted by molar-refractivity contribution is -0.139. The zero-order valence-electron chi connectivity index (χ0n) is 18.9. The maximum atomic E-state index is 13.1. The average molecular weight is 528 g/mol. The van der Waals surface area contributed by atoms with Crippen LogP contribution in [-0.4, -0.2) is 40.4 Å². The Labute approximate surface area is 205 Å². The second-order valence-corrected chi connectivity index (χ2v) is 7.93. The summed E-state index contributed by atoms with van der Waals surface area (Å²) >= 11 is 3.37. The van der Waals surface area contributed by atoms with Crippen LogP contribution >= 0.6 is 15.9 Å². The lowest BCUT2D eigenvalue weighted by Crippen LogP contribution is -2.40. The van der Waals surface area contributed by atoms with Gasteiger partial charge in [0, 0.05) is 10.5 Å². The Morgan fingerprint density at radius 1 is 1.00 bits per heavy atom. The SMILES string of the molecule is COC(=O)C1=C(C(=O)OC)N(c2ccc(OC)cc2OC)C(N)=C(C#N)[C@H]1c1ccc(Br)cc1. The summed E-state index contributed by atoms with van der Waals surface area (Å²) in [5.74, 6) is -1.92. The third-order valence-electron chi connectivity index (χ3n) is 5.31. The molecule has 2 aromatic carbocycles. The molecule has 3 rings (SSSR count). The molecule has 1 aliphatic rings. The highest BCUT2D eigenvalue weighted by molar-refractivity contribution is 9.10. The Balaban J connectivity index is 2.43. The molecule has 0 unspecified atom stereocenters. The summed E-state index contributed by atoms with van der Waals surface area (Å²) in [7, 11) is 5.30. The fourth-order valence-electron chi connectivity index (χ4n) is 3.74.